The summed E-state index contributed by atoms with van der Waals surface area (Å²) in [4.78, 5) is 15.9. The Morgan fingerprint density at radius 1 is 1.50 bits per heavy atom. The lowest BCUT2D eigenvalue weighted by atomic mass is 10.1. The van der Waals surface area contributed by atoms with E-state index < -0.39 is 11.7 Å². The summed E-state index contributed by atoms with van der Waals surface area (Å²) in [6.45, 7) is 1.51. The van der Waals surface area contributed by atoms with Crippen LogP contribution in [0.4, 0.5) is 15.8 Å². The topological polar surface area (TPSA) is 91.8 Å². The summed E-state index contributed by atoms with van der Waals surface area (Å²) in [5.41, 5.74) is 6.51. The molecule has 2 aromatic rings. The molecule has 1 aromatic heterocycles. The summed E-state index contributed by atoms with van der Waals surface area (Å²) in [5, 5.41) is 11.3. The molecule has 0 radical (unpaired) electrons. The van der Waals surface area contributed by atoms with Gasteiger partial charge in [0, 0.05) is 17.4 Å². The first-order valence-corrected chi connectivity index (χ1v) is 5.75. The number of hydrogen-bond donors (Lipinski definition) is 2. The fraction of sp³-hybridized carbons (Fsp3) is 0.0714. The highest BCUT2D eigenvalue weighted by Gasteiger charge is 2.14. The number of amides is 1. The zero-order valence-electron chi connectivity index (χ0n) is 10.6. The molecule has 0 unspecified atom stereocenters. The molecular formula is C14H11FN4O. The lowest BCUT2D eigenvalue weighted by Gasteiger charge is -2.10. The van der Waals surface area contributed by atoms with E-state index >= 15 is 0 Å². The van der Waals surface area contributed by atoms with E-state index in [1.54, 1.807) is 12.1 Å². The Bertz CT molecular complexity index is 722. The van der Waals surface area contributed by atoms with Gasteiger partial charge in [0.25, 0.3) is 5.91 Å². The quantitative estimate of drug-likeness (QED) is 0.875. The molecule has 1 amide bonds. The molecule has 1 heterocycles. The van der Waals surface area contributed by atoms with Crippen molar-refractivity contribution in [1.82, 2.24) is 4.98 Å². The first kappa shape index (κ1) is 13.5. The summed E-state index contributed by atoms with van der Waals surface area (Å²) < 4.78 is 13.6. The first-order valence-electron chi connectivity index (χ1n) is 5.75. The Hall–Kier alpha value is -2.94. The predicted octanol–water partition coefficient (Wildman–Crippen LogP) is 2.24. The van der Waals surface area contributed by atoms with Crippen LogP contribution in [0.25, 0.3) is 0 Å². The van der Waals surface area contributed by atoms with Crippen LogP contribution in [0.5, 0.6) is 0 Å². The number of halogens is 1. The van der Waals surface area contributed by atoms with Crippen molar-refractivity contribution in [2.24, 2.45) is 0 Å². The van der Waals surface area contributed by atoms with Crippen molar-refractivity contribution in [2.75, 3.05) is 11.1 Å². The highest BCUT2D eigenvalue weighted by Crippen LogP contribution is 2.21. The molecule has 6 heteroatoms. The number of carbonyl (C=O) groups is 1. The average molecular weight is 270 g/mol. The molecule has 0 aliphatic rings. The summed E-state index contributed by atoms with van der Waals surface area (Å²) in [6.07, 6.45) is 1.43. The monoisotopic (exact) mass is 270 g/mol. The van der Waals surface area contributed by atoms with Crippen LogP contribution in [0.1, 0.15) is 21.6 Å². The normalized spacial score (nSPS) is 9.85. The number of hydrogen-bond acceptors (Lipinski definition) is 4. The van der Waals surface area contributed by atoms with E-state index in [0.29, 0.717) is 0 Å². The number of pyridine rings is 1. The molecular weight excluding hydrogens is 259 g/mol. The number of anilines is 2. The van der Waals surface area contributed by atoms with Crippen LogP contribution in [-0.4, -0.2) is 10.9 Å². The van der Waals surface area contributed by atoms with Gasteiger partial charge in [-0.05, 0) is 31.2 Å². The minimum absolute atomic E-state index is 0.0506. The molecule has 0 fully saturated rings. The Labute approximate surface area is 114 Å². The SMILES string of the molecule is Cc1c(F)cc(C#N)cc1NC(=O)c1ncccc1N. The molecule has 0 spiro atoms. The van der Waals surface area contributed by atoms with Gasteiger partial charge in [-0.1, -0.05) is 0 Å². The number of carbonyl (C=O) groups excluding carboxylic acids is 1. The van der Waals surface area contributed by atoms with Gasteiger partial charge in [0.1, 0.15) is 5.82 Å². The van der Waals surface area contributed by atoms with Gasteiger partial charge in [0.15, 0.2) is 5.69 Å². The number of nitrogen functional groups attached to an aromatic ring is 1. The standard InChI is InChI=1S/C14H11FN4O/c1-8-10(15)5-9(7-16)6-12(8)19-14(20)13-11(17)3-2-4-18-13/h2-6H,17H2,1H3,(H,19,20). The van der Waals surface area contributed by atoms with E-state index in [4.69, 9.17) is 11.0 Å². The van der Waals surface area contributed by atoms with Crippen molar-refractivity contribution in [2.45, 2.75) is 6.92 Å². The molecule has 0 saturated carbocycles. The van der Waals surface area contributed by atoms with Crippen molar-refractivity contribution in [3.8, 4) is 6.07 Å². The molecule has 100 valence electrons. The first-order chi connectivity index (χ1) is 9.52. The molecule has 2 rings (SSSR count). The van der Waals surface area contributed by atoms with Crippen LogP contribution in [0, 0.1) is 24.1 Å². The number of benzene rings is 1. The van der Waals surface area contributed by atoms with Gasteiger partial charge in [-0.3, -0.25) is 4.79 Å². The van der Waals surface area contributed by atoms with Crippen molar-refractivity contribution in [3.05, 3.63) is 53.1 Å². The van der Waals surface area contributed by atoms with Gasteiger partial charge in [-0.25, -0.2) is 9.37 Å². The number of rotatable bonds is 2. The third-order valence-corrected chi connectivity index (χ3v) is 2.78. The van der Waals surface area contributed by atoms with E-state index in [9.17, 15) is 9.18 Å². The van der Waals surface area contributed by atoms with E-state index in [1.165, 1.54) is 19.2 Å². The maximum atomic E-state index is 13.6. The molecule has 0 saturated heterocycles. The van der Waals surface area contributed by atoms with Gasteiger partial charge in [-0.15, -0.1) is 0 Å². The predicted molar refractivity (Wildman–Crippen MR) is 72.5 cm³/mol. The molecule has 0 bridgehead atoms. The van der Waals surface area contributed by atoms with Crippen LogP contribution in [-0.2, 0) is 0 Å². The Kier molecular flexibility index (Phi) is 3.62. The van der Waals surface area contributed by atoms with Crippen molar-refractivity contribution in [1.29, 1.82) is 5.26 Å². The smallest absolute Gasteiger partial charge is 0.276 e. The second-order valence-electron chi connectivity index (χ2n) is 4.14. The fourth-order valence-corrected chi connectivity index (χ4v) is 1.66. The molecule has 5 nitrogen and oxygen atoms in total. The van der Waals surface area contributed by atoms with Crippen LogP contribution in [0.3, 0.4) is 0 Å². The third-order valence-electron chi connectivity index (χ3n) is 2.78. The minimum Gasteiger partial charge on any atom is -0.397 e. The third kappa shape index (κ3) is 2.57. The zero-order chi connectivity index (χ0) is 14.7. The van der Waals surface area contributed by atoms with Crippen molar-refractivity contribution < 1.29 is 9.18 Å². The minimum atomic E-state index is -0.562. The molecule has 1 aromatic carbocycles. The highest BCUT2D eigenvalue weighted by molar-refractivity contribution is 6.06. The van der Waals surface area contributed by atoms with Crippen LogP contribution < -0.4 is 11.1 Å². The number of nitrogens with one attached hydrogen (secondary N) is 1. The van der Waals surface area contributed by atoms with Gasteiger partial charge in [-0.2, -0.15) is 5.26 Å². The van der Waals surface area contributed by atoms with Gasteiger partial charge in [0.2, 0.25) is 0 Å². The summed E-state index contributed by atoms with van der Waals surface area (Å²) in [5.74, 6) is -1.12. The van der Waals surface area contributed by atoms with Gasteiger partial charge < -0.3 is 11.1 Å². The number of nitrogens with two attached hydrogens (primary N) is 1. The van der Waals surface area contributed by atoms with Crippen LogP contribution in [0.2, 0.25) is 0 Å². The summed E-state index contributed by atoms with van der Waals surface area (Å²) in [6, 6.07) is 7.48. The lowest BCUT2D eigenvalue weighted by Crippen LogP contribution is -2.16. The van der Waals surface area contributed by atoms with Crippen molar-refractivity contribution >= 4 is 17.3 Å². The average Bonchev–Trinajstić information content (AvgIpc) is 2.43. The molecule has 0 aliphatic heterocycles. The van der Waals surface area contributed by atoms with Gasteiger partial charge >= 0.3 is 0 Å². The zero-order valence-corrected chi connectivity index (χ0v) is 10.6. The number of nitrogens with zero attached hydrogens (tertiary/aromatic N) is 2. The maximum absolute atomic E-state index is 13.6. The largest absolute Gasteiger partial charge is 0.397 e. The highest BCUT2D eigenvalue weighted by atomic mass is 19.1. The molecule has 0 atom stereocenters. The number of aromatic nitrogens is 1. The Morgan fingerprint density at radius 3 is 2.90 bits per heavy atom. The second-order valence-corrected chi connectivity index (χ2v) is 4.14. The van der Waals surface area contributed by atoms with Crippen molar-refractivity contribution in [3.63, 3.8) is 0 Å². The molecule has 20 heavy (non-hydrogen) atoms. The number of nitriles is 1. The van der Waals surface area contributed by atoms with E-state index in [2.05, 4.69) is 10.3 Å². The van der Waals surface area contributed by atoms with E-state index in [1.807, 2.05) is 6.07 Å². The Morgan fingerprint density at radius 2 is 2.25 bits per heavy atom. The maximum Gasteiger partial charge on any atom is 0.276 e. The second kappa shape index (κ2) is 5.36. The molecule has 0 aliphatic carbocycles. The Balaban J connectivity index is 2.36. The fourth-order valence-electron chi connectivity index (χ4n) is 1.66. The van der Waals surface area contributed by atoms with Crippen LogP contribution >= 0.6 is 0 Å². The molecule has 3 N–H and O–H groups in total. The summed E-state index contributed by atoms with van der Waals surface area (Å²) in [7, 11) is 0. The van der Waals surface area contributed by atoms with E-state index in [0.717, 1.165) is 6.07 Å². The van der Waals surface area contributed by atoms with Crippen LogP contribution in [0.15, 0.2) is 30.5 Å². The van der Waals surface area contributed by atoms with Gasteiger partial charge in [0.05, 0.1) is 17.3 Å². The lowest BCUT2D eigenvalue weighted by molar-refractivity contribution is 0.102. The summed E-state index contributed by atoms with van der Waals surface area (Å²) >= 11 is 0. The van der Waals surface area contributed by atoms with E-state index in [-0.39, 0.29) is 28.2 Å².